The molecule has 1 heterocycles. The molecule has 1 saturated heterocycles. The number of amides is 2. The lowest BCUT2D eigenvalue weighted by molar-refractivity contribution is -0.114. The van der Waals surface area contributed by atoms with Crippen molar-refractivity contribution in [3.05, 3.63) is 58.6 Å². The summed E-state index contributed by atoms with van der Waals surface area (Å²) in [6.07, 6.45) is 2.11. The van der Waals surface area contributed by atoms with Crippen molar-refractivity contribution in [2.75, 3.05) is 30.3 Å². The zero-order valence-electron chi connectivity index (χ0n) is 15.8. The number of anilines is 2. The van der Waals surface area contributed by atoms with Gasteiger partial charge in [0.25, 0.3) is 5.91 Å². The summed E-state index contributed by atoms with van der Waals surface area (Å²) in [5, 5.41) is 9.33. The van der Waals surface area contributed by atoms with Crippen molar-refractivity contribution in [2.24, 2.45) is 0 Å². The molecule has 0 saturated carbocycles. The first-order valence-electron chi connectivity index (χ1n) is 9.31. The van der Waals surface area contributed by atoms with E-state index in [-0.39, 0.29) is 24.5 Å². The van der Waals surface area contributed by atoms with Gasteiger partial charge in [-0.15, -0.1) is 0 Å². The maximum absolute atomic E-state index is 12.3. The van der Waals surface area contributed by atoms with E-state index in [4.69, 9.17) is 16.3 Å². The van der Waals surface area contributed by atoms with Gasteiger partial charge in [-0.3, -0.25) is 9.59 Å². The molecule has 0 spiro atoms. The third-order valence-corrected chi connectivity index (χ3v) is 4.80. The van der Waals surface area contributed by atoms with Crippen LogP contribution in [0.3, 0.4) is 0 Å². The van der Waals surface area contributed by atoms with Crippen molar-refractivity contribution < 1.29 is 14.3 Å². The van der Waals surface area contributed by atoms with Gasteiger partial charge in [0, 0.05) is 35.1 Å². The molecular formula is C21H24ClN3O3. The van der Waals surface area contributed by atoms with Crippen molar-refractivity contribution >= 4 is 34.8 Å². The van der Waals surface area contributed by atoms with Crippen LogP contribution in [-0.4, -0.2) is 37.6 Å². The summed E-state index contributed by atoms with van der Waals surface area (Å²) in [5.74, 6) is -0.350. The Balaban J connectivity index is 1.51. The molecule has 0 aromatic heterocycles. The third kappa shape index (κ3) is 5.71. The van der Waals surface area contributed by atoms with Gasteiger partial charge in [-0.05, 0) is 55.7 Å². The second-order valence-electron chi connectivity index (χ2n) is 6.79. The van der Waals surface area contributed by atoms with Crippen molar-refractivity contribution in [1.82, 2.24) is 5.32 Å². The Labute approximate surface area is 169 Å². The number of benzene rings is 2. The molecular weight excluding hydrogens is 378 g/mol. The van der Waals surface area contributed by atoms with Crippen molar-refractivity contribution in [3.8, 4) is 0 Å². The Morgan fingerprint density at radius 2 is 2.07 bits per heavy atom. The van der Waals surface area contributed by atoms with Crippen molar-refractivity contribution in [3.63, 3.8) is 0 Å². The number of hydrogen-bond acceptors (Lipinski definition) is 4. The minimum absolute atomic E-state index is 0.0763. The van der Waals surface area contributed by atoms with Crippen LogP contribution in [0.1, 0.15) is 28.8 Å². The maximum atomic E-state index is 12.3. The second-order valence-corrected chi connectivity index (χ2v) is 7.22. The Morgan fingerprint density at radius 1 is 1.21 bits per heavy atom. The van der Waals surface area contributed by atoms with Gasteiger partial charge in [0.05, 0.1) is 12.6 Å². The largest absolute Gasteiger partial charge is 0.376 e. The topological polar surface area (TPSA) is 79.5 Å². The Bertz CT molecular complexity index is 851. The van der Waals surface area contributed by atoms with Crippen LogP contribution in [0, 0.1) is 6.92 Å². The van der Waals surface area contributed by atoms with Crippen molar-refractivity contribution in [1.29, 1.82) is 0 Å². The molecule has 1 unspecified atom stereocenters. The van der Waals surface area contributed by atoms with E-state index in [2.05, 4.69) is 16.0 Å². The molecule has 0 aliphatic carbocycles. The van der Waals surface area contributed by atoms with Crippen LogP contribution in [0.25, 0.3) is 0 Å². The molecule has 0 bridgehead atoms. The first-order chi connectivity index (χ1) is 13.5. The summed E-state index contributed by atoms with van der Waals surface area (Å²) < 4.78 is 5.51. The number of hydrogen-bond donors (Lipinski definition) is 3. The van der Waals surface area contributed by atoms with Gasteiger partial charge in [-0.2, -0.15) is 0 Å². The molecule has 7 heteroatoms. The van der Waals surface area contributed by atoms with Crippen LogP contribution in [-0.2, 0) is 9.53 Å². The maximum Gasteiger partial charge on any atom is 0.251 e. The van der Waals surface area contributed by atoms with Gasteiger partial charge in [0.15, 0.2) is 0 Å². The molecule has 0 radical (unpaired) electrons. The van der Waals surface area contributed by atoms with Crippen LogP contribution < -0.4 is 16.0 Å². The molecule has 2 amide bonds. The van der Waals surface area contributed by atoms with E-state index in [1.54, 1.807) is 30.3 Å². The van der Waals surface area contributed by atoms with E-state index in [1.165, 1.54) is 0 Å². The van der Waals surface area contributed by atoms with Crippen LogP contribution in [0.4, 0.5) is 11.4 Å². The average Bonchev–Trinajstić information content (AvgIpc) is 3.21. The molecule has 3 rings (SSSR count). The predicted molar refractivity (Wildman–Crippen MR) is 111 cm³/mol. The van der Waals surface area contributed by atoms with E-state index in [0.29, 0.717) is 28.5 Å². The molecule has 1 aliphatic rings. The fraction of sp³-hybridized carbons (Fsp3) is 0.333. The van der Waals surface area contributed by atoms with E-state index in [9.17, 15) is 9.59 Å². The van der Waals surface area contributed by atoms with Gasteiger partial charge in [0.2, 0.25) is 5.91 Å². The van der Waals surface area contributed by atoms with Crippen LogP contribution >= 0.6 is 11.6 Å². The molecule has 3 N–H and O–H groups in total. The standard InChI is InChI=1S/C21H24ClN3O3/c1-14-7-8-16(22)11-19(14)25-20(26)13-23-17-5-2-4-15(10-17)21(27)24-12-18-6-3-9-28-18/h2,4-5,7-8,10-11,18,23H,3,6,9,12-13H2,1H3,(H,24,27)(H,25,26). The lowest BCUT2D eigenvalue weighted by Crippen LogP contribution is -2.31. The van der Waals surface area contributed by atoms with Gasteiger partial charge in [-0.25, -0.2) is 0 Å². The van der Waals surface area contributed by atoms with E-state index < -0.39 is 0 Å². The summed E-state index contributed by atoms with van der Waals surface area (Å²) >= 11 is 5.97. The van der Waals surface area contributed by atoms with Gasteiger partial charge < -0.3 is 20.7 Å². The highest BCUT2D eigenvalue weighted by Gasteiger charge is 2.16. The highest BCUT2D eigenvalue weighted by atomic mass is 35.5. The lowest BCUT2D eigenvalue weighted by atomic mass is 10.1. The zero-order valence-corrected chi connectivity index (χ0v) is 16.5. The molecule has 1 fully saturated rings. The molecule has 148 valence electrons. The monoisotopic (exact) mass is 401 g/mol. The Morgan fingerprint density at radius 3 is 2.86 bits per heavy atom. The minimum atomic E-state index is -0.196. The fourth-order valence-corrected chi connectivity index (χ4v) is 3.16. The first kappa shape index (κ1) is 20.2. The smallest absolute Gasteiger partial charge is 0.251 e. The second kappa shape index (κ2) is 9.57. The number of carbonyl (C=O) groups is 2. The first-order valence-corrected chi connectivity index (χ1v) is 9.69. The molecule has 1 aliphatic heterocycles. The third-order valence-electron chi connectivity index (χ3n) is 4.57. The van der Waals surface area contributed by atoms with Crippen LogP contribution in [0.2, 0.25) is 5.02 Å². The summed E-state index contributed by atoms with van der Waals surface area (Å²) in [7, 11) is 0. The number of ether oxygens (including phenoxy) is 1. The Hall–Kier alpha value is -2.57. The summed E-state index contributed by atoms with van der Waals surface area (Å²) in [6, 6.07) is 12.4. The number of aryl methyl sites for hydroxylation is 1. The molecule has 28 heavy (non-hydrogen) atoms. The van der Waals surface area contributed by atoms with Gasteiger partial charge in [-0.1, -0.05) is 23.7 Å². The summed E-state index contributed by atoms with van der Waals surface area (Å²) in [6.45, 7) is 3.25. The zero-order chi connectivity index (χ0) is 19.9. The normalized spacial score (nSPS) is 15.9. The van der Waals surface area contributed by atoms with Crippen LogP contribution in [0.15, 0.2) is 42.5 Å². The highest BCUT2D eigenvalue weighted by Crippen LogP contribution is 2.20. The predicted octanol–water partition coefficient (Wildman–Crippen LogP) is 3.61. The quantitative estimate of drug-likeness (QED) is 0.662. The number of rotatable bonds is 7. The van der Waals surface area contributed by atoms with Gasteiger partial charge in [0.1, 0.15) is 0 Å². The fourth-order valence-electron chi connectivity index (χ4n) is 2.99. The molecule has 6 nitrogen and oxygen atoms in total. The highest BCUT2D eigenvalue weighted by molar-refractivity contribution is 6.31. The van der Waals surface area contributed by atoms with E-state index in [0.717, 1.165) is 25.0 Å². The number of halogens is 1. The van der Waals surface area contributed by atoms with Crippen LogP contribution in [0.5, 0.6) is 0 Å². The Kier molecular flexibility index (Phi) is 6.90. The minimum Gasteiger partial charge on any atom is -0.376 e. The SMILES string of the molecule is Cc1ccc(Cl)cc1NC(=O)CNc1cccc(C(=O)NCC2CCCO2)c1. The summed E-state index contributed by atoms with van der Waals surface area (Å²) in [4.78, 5) is 24.5. The number of nitrogens with one attached hydrogen (secondary N) is 3. The molecule has 2 aromatic rings. The average molecular weight is 402 g/mol. The lowest BCUT2D eigenvalue weighted by Gasteiger charge is -2.12. The molecule has 2 aromatic carbocycles. The van der Waals surface area contributed by atoms with Crippen molar-refractivity contribution in [2.45, 2.75) is 25.9 Å². The van der Waals surface area contributed by atoms with E-state index in [1.807, 2.05) is 19.1 Å². The van der Waals surface area contributed by atoms with E-state index >= 15 is 0 Å². The molecule has 1 atom stereocenters. The summed E-state index contributed by atoms with van der Waals surface area (Å²) in [5.41, 5.74) is 2.85. The van der Waals surface area contributed by atoms with Gasteiger partial charge >= 0.3 is 0 Å². The number of carbonyl (C=O) groups excluding carboxylic acids is 2.